The van der Waals surface area contributed by atoms with Crippen LogP contribution in [0.5, 0.6) is 0 Å². The van der Waals surface area contributed by atoms with Crippen molar-refractivity contribution in [2.75, 3.05) is 18.4 Å². The molecule has 1 atom stereocenters. The zero-order valence-electron chi connectivity index (χ0n) is 18.3. The number of halogens is 3. The van der Waals surface area contributed by atoms with Crippen molar-refractivity contribution in [1.82, 2.24) is 29.8 Å². The van der Waals surface area contributed by atoms with Gasteiger partial charge in [0.2, 0.25) is 5.95 Å². The molecule has 8 nitrogen and oxygen atoms in total. The van der Waals surface area contributed by atoms with Crippen LogP contribution in [0.3, 0.4) is 0 Å². The van der Waals surface area contributed by atoms with Crippen LogP contribution >= 0.6 is 0 Å². The van der Waals surface area contributed by atoms with Gasteiger partial charge in [0.05, 0.1) is 11.4 Å². The minimum Gasteiger partial charge on any atom is -0.356 e. The second-order valence-electron chi connectivity index (χ2n) is 8.29. The Balaban J connectivity index is 1.62. The lowest BCUT2D eigenvalue weighted by molar-refractivity contribution is -0.137. The number of aromatic nitrogens is 5. The van der Waals surface area contributed by atoms with E-state index in [1.54, 1.807) is 30.7 Å². The van der Waals surface area contributed by atoms with Gasteiger partial charge in [0.15, 0.2) is 0 Å². The average Bonchev–Trinajstić information content (AvgIpc) is 3.25. The van der Waals surface area contributed by atoms with E-state index in [9.17, 15) is 18.0 Å². The summed E-state index contributed by atoms with van der Waals surface area (Å²) in [7, 11) is 0. The molecule has 1 saturated heterocycles. The van der Waals surface area contributed by atoms with Gasteiger partial charge in [0, 0.05) is 54.5 Å². The molecule has 176 valence electrons. The summed E-state index contributed by atoms with van der Waals surface area (Å²) in [5.41, 5.74) is 0.179. The first kappa shape index (κ1) is 22.1. The molecule has 0 spiro atoms. The molecule has 4 aromatic rings. The molecule has 1 aliphatic heterocycles. The summed E-state index contributed by atoms with van der Waals surface area (Å²) < 4.78 is 43.0. The number of anilines is 1. The molecule has 4 aromatic heterocycles. The molecular weight excluding hydrogens is 447 g/mol. The Hall–Kier alpha value is -3.73. The van der Waals surface area contributed by atoms with E-state index in [-0.39, 0.29) is 34.3 Å². The Labute approximate surface area is 192 Å². The van der Waals surface area contributed by atoms with Gasteiger partial charge in [0.25, 0.3) is 5.56 Å². The lowest BCUT2D eigenvalue weighted by Crippen LogP contribution is -2.38. The molecule has 3 N–H and O–H groups in total. The van der Waals surface area contributed by atoms with Crippen molar-refractivity contribution in [3.8, 4) is 16.9 Å². The van der Waals surface area contributed by atoms with Crippen molar-refractivity contribution in [3.63, 3.8) is 0 Å². The summed E-state index contributed by atoms with van der Waals surface area (Å²) in [5.74, 6) is 0.117. The van der Waals surface area contributed by atoms with Crippen molar-refractivity contribution in [2.24, 2.45) is 0 Å². The third-order valence-electron chi connectivity index (χ3n) is 5.97. The first-order valence-electron chi connectivity index (χ1n) is 10.9. The van der Waals surface area contributed by atoms with Gasteiger partial charge in [-0.05, 0) is 44.0 Å². The first-order valence-corrected chi connectivity index (χ1v) is 10.9. The first-order chi connectivity index (χ1) is 16.3. The van der Waals surface area contributed by atoms with E-state index in [0.29, 0.717) is 17.6 Å². The van der Waals surface area contributed by atoms with Crippen molar-refractivity contribution < 1.29 is 13.2 Å². The number of H-pyrrole nitrogens is 1. The van der Waals surface area contributed by atoms with Crippen molar-refractivity contribution in [1.29, 1.82) is 0 Å². The van der Waals surface area contributed by atoms with Crippen LogP contribution in [-0.4, -0.2) is 43.6 Å². The number of nitrogens with zero attached hydrogens (tertiary/aromatic N) is 4. The predicted octanol–water partition coefficient (Wildman–Crippen LogP) is 3.66. The molecule has 5 heterocycles. The third kappa shape index (κ3) is 4.03. The molecule has 34 heavy (non-hydrogen) atoms. The van der Waals surface area contributed by atoms with Crippen LogP contribution in [0.4, 0.5) is 19.1 Å². The molecule has 0 radical (unpaired) electrons. The van der Waals surface area contributed by atoms with E-state index in [1.807, 2.05) is 6.92 Å². The van der Waals surface area contributed by atoms with E-state index >= 15 is 0 Å². The number of nitrogens with one attached hydrogen (secondary N) is 3. The number of aryl methyl sites for hydroxylation is 1. The molecule has 5 rings (SSSR count). The van der Waals surface area contributed by atoms with Crippen LogP contribution in [-0.2, 0) is 6.18 Å². The van der Waals surface area contributed by atoms with Gasteiger partial charge < -0.3 is 15.6 Å². The largest absolute Gasteiger partial charge is 0.419 e. The van der Waals surface area contributed by atoms with Gasteiger partial charge in [-0.2, -0.15) is 13.2 Å². The number of alkyl halides is 3. The summed E-state index contributed by atoms with van der Waals surface area (Å²) >= 11 is 0. The highest BCUT2D eigenvalue weighted by Crippen LogP contribution is 2.38. The van der Waals surface area contributed by atoms with Crippen molar-refractivity contribution in [3.05, 3.63) is 64.6 Å². The van der Waals surface area contributed by atoms with Crippen LogP contribution in [0, 0.1) is 6.92 Å². The van der Waals surface area contributed by atoms with E-state index in [2.05, 4.69) is 30.6 Å². The van der Waals surface area contributed by atoms with Gasteiger partial charge in [-0.1, -0.05) is 0 Å². The smallest absolute Gasteiger partial charge is 0.356 e. The standard InChI is InChI=1S/C23H22F3N7O/c1-13-9-28-7-4-18(13)33-8-5-15-16(11-29-20(15)21(33)34)19-17(23(24,25)26)12-30-22(32-19)31-14-3-2-6-27-10-14/h4-5,7-9,11-12,14,27,29H,2-3,6,10H2,1H3,(H,30,31,32). The number of hydrogen-bond acceptors (Lipinski definition) is 6. The maximum atomic E-state index is 13.8. The topological polar surface area (TPSA) is 101 Å². The molecule has 0 saturated carbocycles. The SMILES string of the molecule is Cc1cnccc1-n1ccc2c(-c3nc(NC4CCCNC4)ncc3C(F)(F)F)c[nH]c2c1=O. The molecule has 0 aromatic carbocycles. The number of fused-ring (bicyclic) bond motifs is 1. The van der Waals surface area contributed by atoms with Crippen LogP contribution in [0.2, 0.25) is 0 Å². The summed E-state index contributed by atoms with van der Waals surface area (Å²) in [5, 5.41) is 6.72. The summed E-state index contributed by atoms with van der Waals surface area (Å²) in [4.78, 5) is 28.2. The number of piperidine rings is 1. The fourth-order valence-electron chi connectivity index (χ4n) is 4.27. The van der Waals surface area contributed by atoms with Gasteiger partial charge in [-0.25, -0.2) is 9.97 Å². The van der Waals surface area contributed by atoms with E-state index < -0.39 is 11.7 Å². The van der Waals surface area contributed by atoms with E-state index in [1.165, 1.54) is 10.8 Å². The maximum Gasteiger partial charge on any atom is 0.419 e. The van der Waals surface area contributed by atoms with E-state index in [0.717, 1.165) is 31.1 Å². The molecule has 0 amide bonds. The quantitative estimate of drug-likeness (QED) is 0.422. The monoisotopic (exact) mass is 469 g/mol. The Morgan fingerprint density at radius 2 is 2.09 bits per heavy atom. The van der Waals surface area contributed by atoms with Gasteiger partial charge >= 0.3 is 6.18 Å². The van der Waals surface area contributed by atoms with Crippen LogP contribution in [0.1, 0.15) is 24.0 Å². The highest BCUT2D eigenvalue weighted by Gasteiger charge is 2.36. The predicted molar refractivity (Wildman–Crippen MR) is 122 cm³/mol. The average molecular weight is 469 g/mol. The molecule has 1 unspecified atom stereocenters. The minimum absolute atomic E-state index is 0.0251. The zero-order valence-corrected chi connectivity index (χ0v) is 18.3. The number of rotatable bonds is 4. The third-order valence-corrected chi connectivity index (χ3v) is 5.97. The molecule has 0 bridgehead atoms. The van der Waals surface area contributed by atoms with Crippen LogP contribution in [0.15, 0.2) is 47.9 Å². The fourth-order valence-corrected chi connectivity index (χ4v) is 4.27. The molecule has 1 aliphatic rings. The van der Waals surface area contributed by atoms with Gasteiger partial charge in [-0.15, -0.1) is 0 Å². The maximum absolute atomic E-state index is 13.8. The Bertz CT molecular complexity index is 1400. The Kier molecular flexibility index (Phi) is 5.56. The van der Waals surface area contributed by atoms with E-state index in [4.69, 9.17) is 0 Å². The van der Waals surface area contributed by atoms with Crippen LogP contribution in [0.25, 0.3) is 27.8 Å². The Morgan fingerprint density at radius 3 is 2.82 bits per heavy atom. The highest BCUT2D eigenvalue weighted by atomic mass is 19.4. The van der Waals surface area contributed by atoms with Crippen molar-refractivity contribution >= 4 is 16.9 Å². The summed E-state index contributed by atoms with van der Waals surface area (Å²) in [6.07, 6.45) is 4.11. The van der Waals surface area contributed by atoms with Crippen molar-refractivity contribution in [2.45, 2.75) is 32.0 Å². The molecular formula is C23H22F3N7O. The highest BCUT2D eigenvalue weighted by molar-refractivity contribution is 5.95. The number of hydrogen-bond donors (Lipinski definition) is 3. The van der Waals surface area contributed by atoms with Gasteiger partial charge in [0.1, 0.15) is 11.1 Å². The second-order valence-corrected chi connectivity index (χ2v) is 8.29. The fraction of sp³-hybridized carbons (Fsp3) is 0.304. The lowest BCUT2D eigenvalue weighted by Gasteiger charge is -2.24. The minimum atomic E-state index is -4.66. The van der Waals surface area contributed by atoms with Crippen LogP contribution < -0.4 is 16.2 Å². The molecule has 1 fully saturated rings. The molecule has 0 aliphatic carbocycles. The number of aromatic amines is 1. The Morgan fingerprint density at radius 1 is 1.24 bits per heavy atom. The normalized spacial score (nSPS) is 16.6. The number of pyridine rings is 2. The summed E-state index contributed by atoms with van der Waals surface area (Å²) in [6, 6.07) is 3.34. The summed E-state index contributed by atoms with van der Waals surface area (Å²) in [6.45, 7) is 3.41. The second kappa shape index (κ2) is 8.56. The van der Waals surface area contributed by atoms with Gasteiger partial charge in [-0.3, -0.25) is 14.3 Å². The zero-order chi connectivity index (χ0) is 23.9. The molecule has 11 heteroatoms. The lowest BCUT2D eigenvalue weighted by atomic mass is 10.1.